The summed E-state index contributed by atoms with van der Waals surface area (Å²) in [6.45, 7) is 0.0619. The van der Waals surface area contributed by atoms with Crippen LogP contribution in [-0.2, 0) is 19.6 Å². The van der Waals surface area contributed by atoms with E-state index in [-0.39, 0.29) is 13.2 Å². The van der Waals surface area contributed by atoms with Gasteiger partial charge in [-0.3, -0.25) is 0 Å². The van der Waals surface area contributed by atoms with E-state index in [1.807, 2.05) is 12.1 Å². The Morgan fingerprint density at radius 1 is 1.00 bits per heavy atom. The highest BCUT2D eigenvalue weighted by atomic mass is 16.3. The smallest absolute Gasteiger partial charge is 0.0685 e. The van der Waals surface area contributed by atoms with Crippen LogP contribution in [0.1, 0.15) is 22.3 Å². The van der Waals surface area contributed by atoms with Crippen molar-refractivity contribution < 1.29 is 10.2 Å². The standard InChI is InChI=1S/C9H10O2/c10-4-8-2-6-1-7(6)3-9(8)5-11/h2-3,10-11H,1,4-5H2. The molecule has 0 spiro atoms. The fraction of sp³-hybridized carbons (Fsp3) is 0.333. The average molecular weight is 150 g/mol. The topological polar surface area (TPSA) is 40.5 Å². The van der Waals surface area contributed by atoms with Crippen LogP contribution in [0.5, 0.6) is 0 Å². The molecule has 0 atom stereocenters. The molecule has 2 heteroatoms. The van der Waals surface area contributed by atoms with Gasteiger partial charge in [-0.1, -0.05) is 12.1 Å². The first-order valence-corrected chi connectivity index (χ1v) is 3.70. The molecule has 0 saturated heterocycles. The third-order valence-electron chi connectivity index (χ3n) is 2.12. The lowest BCUT2D eigenvalue weighted by atomic mass is 10.1. The highest BCUT2D eigenvalue weighted by Crippen LogP contribution is 2.30. The van der Waals surface area contributed by atoms with Crippen LogP contribution in [0.3, 0.4) is 0 Å². The van der Waals surface area contributed by atoms with Crippen LogP contribution < -0.4 is 0 Å². The van der Waals surface area contributed by atoms with E-state index >= 15 is 0 Å². The second-order valence-electron chi connectivity index (χ2n) is 2.88. The van der Waals surface area contributed by atoms with Crippen molar-refractivity contribution in [2.24, 2.45) is 0 Å². The molecule has 0 heterocycles. The van der Waals surface area contributed by atoms with Crippen molar-refractivity contribution in [3.8, 4) is 0 Å². The molecular weight excluding hydrogens is 140 g/mol. The summed E-state index contributed by atoms with van der Waals surface area (Å²) in [5.41, 5.74) is 4.35. The molecule has 1 aromatic carbocycles. The summed E-state index contributed by atoms with van der Waals surface area (Å²) in [6.07, 6.45) is 1.03. The maximum atomic E-state index is 8.89. The Hall–Kier alpha value is -0.860. The molecule has 0 aromatic heterocycles. The molecule has 58 valence electrons. The van der Waals surface area contributed by atoms with Gasteiger partial charge in [0.2, 0.25) is 0 Å². The molecule has 11 heavy (non-hydrogen) atoms. The summed E-state index contributed by atoms with van der Waals surface area (Å²) in [7, 11) is 0. The Kier molecular flexibility index (Phi) is 1.44. The number of hydrogen-bond donors (Lipinski definition) is 2. The number of fused-ring (bicyclic) bond motifs is 1. The van der Waals surface area contributed by atoms with E-state index in [4.69, 9.17) is 10.2 Å². The van der Waals surface area contributed by atoms with Crippen LogP contribution in [-0.4, -0.2) is 10.2 Å². The third-order valence-corrected chi connectivity index (χ3v) is 2.12. The van der Waals surface area contributed by atoms with E-state index in [1.165, 1.54) is 11.1 Å². The monoisotopic (exact) mass is 150 g/mol. The van der Waals surface area contributed by atoms with E-state index in [9.17, 15) is 0 Å². The zero-order valence-electron chi connectivity index (χ0n) is 6.17. The SMILES string of the molecule is OCc1cc2c(cc1CO)C2. The lowest BCUT2D eigenvalue weighted by molar-refractivity contribution is 0.260. The molecule has 0 bridgehead atoms. The van der Waals surface area contributed by atoms with Crippen molar-refractivity contribution in [3.05, 3.63) is 34.4 Å². The van der Waals surface area contributed by atoms with E-state index in [1.54, 1.807) is 0 Å². The zero-order valence-corrected chi connectivity index (χ0v) is 6.17. The molecule has 1 aliphatic rings. The Balaban J connectivity index is 2.45. The van der Waals surface area contributed by atoms with Crippen molar-refractivity contribution in [1.82, 2.24) is 0 Å². The van der Waals surface area contributed by atoms with Crippen molar-refractivity contribution >= 4 is 0 Å². The highest BCUT2D eigenvalue weighted by molar-refractivity contribution is 5.50. The molecule has 2 rings (SSSR count). The lowest BCUT2D eigenvalue weighted by Crippen LogP contribution is -1.91. The van der Waals surface area contributed by atoms with Gasteiger partial charge >= 0.3 is 0 Å². The summed E-state index contributed by atoms with van der Waals surface area (Å²) in [5, 5.41) is 17.8. The predicted octanol–water partition coefficient (Wildman–Crippen LogP) is 0.575. The van der Waals surface area contributed by atoms with Crippen LogP contribution >= 0.6 is 0 Å². The van der Waals surface area contributed by atoms with E-state index in [0.29, 0.717) is 0 Å². The van der Waals surface area contributed by atoms with Crippen LogP contribution in [0, 0.1) is 0 Å². The minimum absolute atomic E-state index is 0.0309. The predicted molar refractivity (Wildman–Crippen MR) is 41.1 cm³/mol. The number of aliphatic hydroxyl groups is 2. The van der Waals surface area contributed by atoms with Crippen molar-refractivity contribution in [2.45, 2.75) is 19.6 Å². The van der Waals surface area contributed by atoms with Gasteiger partial charge in [0.15, 0.2) is 0 Å². The van der Waals surface area contributed by atoms with Gasteiger partial charge in [0.05, 0.1) is 13.2 Å². The molecule has 0 saturated carbocycles. The largest absolute Gasteiger partial charge is 0.392 e. The molecule has 0 fully saturated rings. The number of hydrogen-bond acceptors (Lipinski definition) is 2. The molecule has 2 N–H and O–H groups in total. The van der Waals surface area contributed by atoms with E-state index < -0.39 is 0 Å². The molecule has 0 radical (unpaired) electrons. The summed E-state index contributed by atoms with van der Waals surface area (Å²) in [5.74, 6) is 0. The van der Waals surface area contributed by atoms with Gasteiger partial charge in [0.25, 0.3) is 0 Å². The van der Waals surface area contributed by atoms with Gasteiger partial charge in [-0.2, -0.15) is 0 Å². The van der Waals surface area contributed by atoms with Gasteiger partial charge < -0.3 is 10.2 Å². The highest BCUT2D eigenvalue weighted by Gasteiger charge is 2.18. The average Bonchev–Trinajstić information content (AvgIpc) is 2.79. The lowest BCUT2D eigenvalue weighted by Gasteiger charge is -2.00. The zero-order chi connectivity index (χ0) is 7.84. The van der Waals surface area contributed by atoms with Crippen LogP contribution in [0.25, 0.3) is 0 Å². The first-order chi connectivity index (χ1) is 5.35. The van der Waals surface area contributed by atoms with Gasteiger partial charge in [-0.15, -0.1) is 0 Å². The maximum absolute atomic E-state index is 8.89. The van der Waals surface area contributed by atoms with Crippen molar-refractivity contribution in [2.75, 3.05) is 0 Å². The molecule has 0 aliphatic heterocycles. The normalized spacial score (nSPS) is 12.9. The fourth-order valence-corrected chi connectivity index (χ4v) is 1.35. The third kappa shape index (κ3) is 1.04. The molecule has 1 aliphatic carbocycles. The minimum Gasteiger partial charge on any atom is -0.392 e. The quantitative estimate of drug-likeness (QED) is 0.657. The second-order valence-corrected chi connectivity index (χ2v) is 2.88. The van der Waals surface area contributed by atoms with Gasteiger partial charge in [0, 0.05) is 0 Å². The van der Waals surface area contributed by atoms with Gasteiger partial charge in [-0.25, -0.2) is 0 Å². The van der Waals surface area contributed by atoms with Crippen LogP contribution in [0.2, 0.25) is 0 Å². The second kappa shape index (κ2) is 2.32. The first kappa shape index (κ1) is 6.83. The maximum Gasteiger partial charge on any atom is 0.0685 e. The Labute approximate surface area is 65.1 Å². The van der Waals surface area contributed by atoms with E-state index in [0.717, 1.165) is 17.5 Å². The van der Waals surface area contributed by atoms with Gasteiger partial charge in [-0.05, 0) is 28.7 Å². The van der Waals surface area contributed by atoms with Gasteiger partial charge in [0.1, 0.15) is 0 Å². The molecule has 2 nitrogen and oxygen atoms in total. The fourth-order valence-electron chi connectivity index (χ4n) is 1.35. The molecule has 0 amide bonds. The molecule has 0 unspecified atom stereocenters. The summed E-state index contributed by atoms with van der Waals surface area (Å²) in [4.78, 5) is 0. The summed E-state index contributed by atoms with van der Waals surface area (Å²) >= 11 is 0. The van der Waals surface area contributed by atoms with E-state index in [2.05, 4.69) is 0 Å². The Morgan fingerprint density at radius 3 is 1.82 bits per heavy atom. The Morgan fingerprint density at radius 2 is 1.45 bits per heavy atom. The summed E-state index contributed by atoms with van der Waals surface area (Å²) < 4.78 is 0. The molecular formula is C9H10O2. The van der Waals surface area contributed by atoms with Crippen LogP contribution in [0.15, 0.2) is 12.1 Å². The molecule has 1 aromatic rings. The Bertz CT molecular complexity index is 263. The number of aliphatic hydroxyl groups excluding tert-OH is 2. The first-order valence-electron chi connectivity index (χ1n) is 3.70. The van der Waals surface area contributed by atoms with Crippen molar-refractivity contribution in [1.29, 1.82) is 0 Å². The minimum atomic E-state index is 0.0309. The van der Waals surface area contributed by atoms with Crippen molar-refractivity contribution in [3.63, 3.8) is 0 Å². The van der Waals surface area contributed by atoms with Crippen LogP contribution in [0.4, 0.5) is 0 Å². The summed E-state index contributed by atoms with van der Waals surface area (Å²) in [6, 6.07) is 3.95. The number of rotatable bonds is 2. The number of benzene rings is 1.